The first kappa shape index (κ1) is 16.0. The summed E-state index contributed by atoms with van der Waals surface area (Å²) in [6, 6.07) is 2.18. The Labute approximate surface area is 115 Å². The molecule has 0 aromatic heterocycles. The first-order valence-corrected chi connectivity index (χ1v) is 8.03. The van der Waals surface area contributed by atoms with Gasteiger partial charge in [-0.15, -0.1) is 0 Å². The molecule has 108 valence electrons. The van der Waals surface area contributed by atoms with Gasteiger partial charge in [-0.25, -0.2) is 0 Å². The van der Waals surface area contributed by atoms with Crippen LogP contribution in [0.3, 0.4) is 0 Å². The topological polar surface area (TPSA) is 15.3 Å². The minimum Gasteiger partial charge on any atom is -0.312 e. The summed E-state index contributed by atoms with van der Waals surface area (Å²) < 4.78 is 0. The maximum Gasteiger partial charge on any atom is 0.0192 e. The van der Waals surface area contributed by atoms with Crippen LogP contribution in [0.4, 0.5) is 0 Å². The Morgan fingerprint density at radius 3 is 2.17 bits per heavy atom. The van der Waals surface area contributed by atoms with Crippen molar-refractivity contribution in [2.24, 2.45) is 5.92 Å². The largest absolute Gasteiger partial charge is 0.312 e. The molecule has 1 saturated carbocycles. The quantitative estimate of drug-likeness (QED) is 0.746. The minimum atomic E-state index is 0.656. The molecule has 0 aromatic carbocycles. The lowest BCUT2D eigenvalue weighted by molar-refractivity contribution is 0.127. The molecular formula is C16H34N2. The molecule has 2 heteroatoms. The summed E-state index contributed by atoms with van der Waals surface area (Å²) in [4.78, 5) is 2.61. The highest BCUT2D eigenvalue weighted by molar-refractivity contribution is 4.81. The van der Waals surface area contributed by atoms with E-state index < -0.39 is 0 Å². The lowest BCUT2D eigenvalue weighted by Crippen LogP contribution is -2.46. The van der Waals surface area contributed by atoms with Crippen molar-refractivity contribution in [3.8, 4) is 0 Å². The number of likely N-dealkylation sites (N-methyl/N-ethyl adjacent to an activating group) is 1. The molecule has 0 spiro atoms. The van der Waals surface area contributed by atoms with Crippen LogP contribution in [-0.2, 0) is 0 Å². The second-order valence-corrected chi connectivity index (χ2v) is 6.35. The molecule has 0 saturated heterocycles. The van der Waals surface area contributed by atoms with Crippen LogP contribution in [0.5, 0.6) is 0 Å². The SMILES string of the molecule is CCC(CC)NCC(C)N(C)C1CCC(C)CC1. The molecule has 0 amide bonds. The molecule has 1 aliphatic carbocycles. The third-order valence-corrected chi connectivity index (χ3v) is 4.94. The fraction of sp³-hybridized carbons (Fsp3) is 1.00. The molecule has 1 fully saturated rings. The zero-order valence-corrected chi connectivity index (χ0v) is 13.2. The van der Waals surface area contributed by atoms with Gasteiger partial charge >= 0.3 is 0 Å². The molecule has 1 atom stereocenters. The van der Waals surface area contributed by atoms with Crippen molar-refractivity contribution in [2.45, 2.75) is 84.3 Å². The van der Waals surface area contributed by atoms with Crippen molar-refractivity contribution < 1.29 is 0 Å². The highest BCUT2D eigenvalue weighted by Gasteiger charge is 2.24. The Morgan fingerprint density at radius 1 is 1.11 bits per heavy atom. The molecule has 0 aliphatic heterocycles. The standard InChI is InChI=1S/C16H34N2/c1-6-15(7-2)17-12-14(4)18(5)16-10-8-13(3)9-11-16/h13-17H,6-12H2,1-5H3. The predicted molar refractivity (Wildman–Crippen MR) is 81.0 cm³/mol. The Hall–Kier alpha value is -0.0800. The average Bonchev–Trinajstić information content (AvgIpc) is 2.39. The van der Waals surface area contributed by atoms with Crippen molar-refractivity contribution in [1.82, 2.24) is 10.2 Å². The van der Waals surface area contributed by atoms with Gasteiger partial charge in [0.15, 0.2) is 0 Å². The second kappa shape index (κ2) is 8.16. The summed E-state index contributed by atoms with van der Waals surface area (Å²) in [5.74, 6) is 0.952. The zero-order valence-electron chi connectivity index (χ0n) is 13.2. The Kier molecular flexibility index (Phi) is 7.25. The predicted octanol–water partition coefficient (Wildman–Crippen LogP) is 3.66. The van der Waals surface area contributed by atoms with E-state index in [1.165, 1.54) is 38.5 Å². The Bertz CT molecular complexity index is 205. The lowest BCUT2D eigenvalue weighted by atomic mass is 9.86. The van der Waals surface area contributed by atoms with Crippen molar-refractivity contribution >= 4 is 0 Å². The van der Waals surface area contributed by atoms with Crippen LogP contribution in [0.15, 0.2) is 0 Å². The van der Waals surface area contributed by atoms with Gasteiger partial charge in [0.2, 0.25) is 0 Å². The van der Waals surface area contributed by atoms with E-state index in [0.717, 1.165) is 18.5 Å². The smallest absolute Gasteiger partial charge is 0.0192 e. The lowest BCUT2D eigenvalue weighted by Gasteiger charge is -2.37. The van der Waals surface area contributed by atoms with Gasteiger partial charge in [-0.05, 0) is 58.4 Å². The summed E-state index contributed by atoms with van der Waals surface area (Å²) in [6.07, 6.45) is 8.12. The van der Waals surface area contributed by atoms with Crippen LogP contribution in [0.2, 0.25) is 0 Å². The fourth-order valence-electron chi connectivity index (χ4n) is 3.07. The van der Waals surface area contributed by atoms with Crippen LogP contribution in [0.25, 0.3) is 0 Å². The van der Waals surface area contributed by atoms with Gasteiger partial charge in [0.05, 0.1) is 0 Å². The van der Waals surface area contributed by atoms with E-state index >= 15 is 0 Å². The fourth-order valence-corrected chi connectivity index (χ4v) is 3.07. The average molecular weight is 254 g/mol. The summed E-state index contributed by atoms with van der Waals surface area (Å²) in [5.41, 5.74) is 0. The van der Waals surface area contributed by atoms with Gasteiger partial charge in [-0.3, -0.25) is 4.90 Å². The number of hydrogen-bond acceptors (Lipinski definition) is 2. The molecule has 18 heavy (non-hydrogen) atoms. The number of nitrogens with zero attached hydrogens (tertiary/aromatic N) is 1. The van der Waals surface area contributed by atoms with Crippen LogP contribution in [-0.4, -0.2) is 36.6 Å². The maximum atomic E-state index is 3.71. The third-order valence-electron chi connectivity index (χ3n) is 4.94. The van der Waals surface area contributed by atoms with E-state index in [1.54, 1.807) is 0 Å². The first-order valence-electron chi connectivity index (χ1n) is 8.03. The highest BCUT2D eigenvalue weighted by atomic mass is 15.2. The van der Waals surface area contributed by atoms with Gasteiger partial charge in [0, 0.05) is 24.7 Å². The number of hydrogen-bond donors (Lipinski definition) is 1. The molecule has 0 bridgehead atoms. The van der Waals surface area contributed by atoms with Gasteiger partial charge < -0.3 is 5.32 Å². The highest BCUT2D eigenvalue weighted by Crippen LogP contribution is 2.27. The van der Waals surface area contributed by atoms with E-state index in [9.17, 15) is 0 Å². The van der Waals surface area contributed by atoms with E-state index in [0.29, 0.717) is 12.1 Å². The van der Waals surface area contributed by atoms with Gasteiger partial charge in [0.1, 0.15) is 0 Å². The van der Waals surface area contributed by atoms with Gasteiger partial charge in [0.25, 0.3) is 0 Å². The molecule has 2 nitrogen and oxygen atoms in total. The molecule has 1 N–H and O–H groups in total. The summed E-state index contributed by atoms with van der Waals surface area (Å²) >= 11 is 0. The van der Waals surface area contributed by atoms with Crippen LogP contribution < -0.4 is 5.32 Å². The van der Waals surface area contributed by atoms with Crippen LogP contribution in [0, 0.1) is 5.92 Å². The number of nitrogens with one attached hydrogen (secondary N) is 1. The Morgan fingerprint density at radius 2 is 1.67 bits per heavy atom. The summed E-state index contributed by atoms with van der Waals surface area (Å²) in [7, 11) is 2.32. The van der Waals surface area contributed by atoms with Crippen LogP contribution in [0.1, 0.15) is 66.2 Å². The van der Waals surface area contributed by atoms with E-state index in [-0.39, 0.29) is 0 Å². The molecule has 0 aromatic rings. The van der Waals surface area contributed by atoms with Gasteiger partial charge in [-0.2, -0.15) is 0 Å². The van der Waals surface area contributed by atoms with Crippen LogP contribution >= 0.6 is 0 Å². The first-order chi connectivity index (χ1) is 8.58. The maximum absolute atomic E-state index is 3.71. The minimum absolute atomic E-state index is 0.656. The molecule has 1 unspecified atom stereocenters. The van der Waals surface area contributed by atoms with E-state index in [1.807, 2.05) is 0 Å². The van der Waals surface area contributed by atoms with Crippen molar-refractivity contribution in [3.05, 3.63) is 0 Å². The van der Waals surface area contributed by atoms with E-state index in [4.69, 9.17) is 0 Å². The monoisotopic (exact) mass is 254 g/mol. The third kappa shape index (κ3) is 4.89. The van der Waals surface area contributed by atoms with Crippen molar-refractivity contribution in [3.63, 3.8) is 0 Å². The molecule has 1 aliphatic rings. The second-order valence-electron chi connectivity index (χ2n) is 6.35. The summed E-state index contributed by atoms with van der Waals surface area (Å²) in [5, 5.41) is 3.71. The van der Waals surface area contributed by atoms with Gasteiger partial charge in [-0.1, -0.05) is 20.8 Å². The molecule has 0 heterocycles. The summed E-state index contributed by atoms with van der Waals surface area (Å²) in [6.45, 7) is 10.5. The molecule has 0 radical (unpaired) electrons. The normalized spacial score (nSPS) is 26.8. The molecular weight excluding hydrogens is 220 g/mol. The van der Waals surface area contributed by atoms with E-state index in [2.05, 4.69) is 45.0 Å². The van der Waals surface area contributed by atoms with Crippen molar-refractivity contribution in [2.75, 3.05) is 13.6 Å². The zero-order chi connectivity index (χ0) is 13.5. The number of rotatable bonds is 7. The Balaban J connectivity index is 2.29. The van der Waals surface area contributed by atoms with Crippen molar-refractivity contribution in [1.29, 1.82) is 0 Å². The molecule has 1 rings (SSSR count).